The predicted molar refractivity (Wildman–Crippen MR) is 86.3 cm³/mol. The number of rotatable bonds is 4. The Morgan fingerprint density at radius 1 is 1.22 bits per heavy atom. The molecule has 0 aliphatic carbocycles. The number of ether oxygens (including phenoxy) is 2. The Hall–Kier alpha value is -2.02. The standard InChI is InChI=1S/C16H18BrNO5/c1-5-22-16(20)13-9(3)18-8(2)12(15(19)21-4)14(13)10-6-7-11(17)23-10/h6-7,14,18H,5H2,1-4H3. The molecule has 1 unspecified atom stereocenters. The SMILES string of the molecule is CCOC(=O)C1=C(C)NC(C)=C(C(=O)OC)C1c1ccc(Br)o1. The molecule has 0 saturated heterocycles. The molecule has 0 fully saturated rings. The lowest BCUT2D eigenvalue weighted by atomic mass is 9.83. The summed E-state index contributed by atoms with van der Waals surface area (Å²) in [5.74, 6) is -1.25. The topological polar surface area (TPSA) is 77.8 Å². The molecule has 6 nitrogen and oxygen atoms in total. The first kappa shape index (κ1) is 17.3. The summed E-state index contributed by atoms with van der Waals surface area (Å²) in [5.41, 5.74) is 1.88. The summed E-state index contributed by atoms with van der Waals surface area (Å²) in [6, 6.07) is 3.42. The van der Waals surface area contributed by atoms with Gasteiger partial charge in [-0.25, -0.2) is 9.59 Å². The van der Waals surface area contributed by atoms with E-state index in [2.05, 4.69) is 21.2 Å². The molecule has 0 aromatic carbocycles. The van der Waals surface area contributed by atoms with E-state index in [0.29, 0.717) is 33.0 Å². The third kappa shape index (κ3) is 3.34. The van der Waals surface area contributed by atoms with E-state index in [1.807, 2.05) is 0 Å². The highest BCUT2D eigenvalue weighted by Gasteiger charge is 2.39. The van der Waals surface area contributed by atoms with Gasteiger partial charge in [-0.3, -0.25) is 0 Å². The van der Waals surface area contributed by atoms with Crippen LogP contribution in [0.3, 0.4) is 0 Å². The van der Waals surface area contributed by atoms with Gasteiger partial charge >= 0.3 is 11.9 Å². The largest absolute Gasteiger partial charge is 0.466 e. The molecular weight excluding hydrogens is 366 g/mol. The number of esters is 2. The Morgan fingerprint density at radius 3 is 2.30 bits per heavy atom. The average molecular weight is 384 g/mol. The van der Waals surface area contributed by atoms with Crippen molar-refractivity contribution in [1.82, 2.24) is 5.32 Å². The number of carbonyl (C=O) groups is 2. The zero-order valence-corrected chi connectivity index (χ0v) is 14.9. The van der Waals surface area contributed by atoms with Gasteiger partial charge in [-0.1, -0.05) is 0 Å². The Morgan fingerprint density at radius 2 is 1.83 bits per heavy atom. The van der Waals surface area contributed by atoms with E-state index >= 15 is 0 Å². The molecule has 124 valence electrons. The molecule has 2 rings (SSSR count). The van der Waals surface area contributed by atoms with Gasteiger partial charge in [0.25, 0.3) is 0 Å². The highest BCUT2D eigenvalue weighted by Crippen LogP contribution is 2.40. The van der Waals surface area contributed by atoms with E-state index in [4.69, 9.17) is 13.9 Å². The number of nitrogens with one attached hydrogen (secondary N) is 1. The summed E-state index contributed by atoms with van der Waals surface area (Å²) in [7, 11) is 1.30. The molecule has 1 aromatic heterocycles. The van der Waals surface area contributed by atoms with Gasteiger partial charge in [-0.15, -0.1) is 0 Å². The van der Waals surface area contributed by atoms with Crippen molar-refractivity contribution in [2.45, 2.75) is 26.7 Å². The van der Waals surface area contributed by atoms with Crippen LogP contribution in [0.25, 0.3) is 0 Å². The van der Waals surface area contributed by atoms with E-state index in [-0.39, 0.29) is 6.61 Å². The molecule has 0 bridgehead atoms. The summed E-state index contributed by atoms with van der Waals surface area (Å²) < 4.78 is 16.1. The Balaban J connectivity index is 2.61. The predicted octanol–water partition coefficient (Wildman–Crippen LogP) is 3.01. The minimum Gasteiger partial charge on any atom is -0.466 e. The molecule has 1 aliphatic rings. The molecule has 0 amide bonds. The first-order valence-corrected chi connectivity index (χ1v) is 7.89. The van der Waals surface area contributed by atoms with Crippen molar-refractivity contribution in [3.8, 4) is 0 Å². The van der Waals surface area contributed by atoms with Crippen molar-refractivity contribution in [2.75, 3.05) is 13.7 Å². The fourth-order valence-electron chi connectivity index (χ4n) is 2.62. The lowest BCUT2D eigenvalue weighted by Crippen LogP contribution is -2.32. The first-order chi connectivity index (χ1) is 10.9. The second-order valence-electron chi connectivity index (χ2n) is 4.99. The van der Waals surface area contributed by atoms with Crippen LogP contribution in [-0.2, 0) is 19.1 Å². The maximum atomic E-state index is 12.4. The number of furan rings is 1. The fraction of sp³-hybridized carbons (Fsp3) is 0.375. The van der Waals surface area contributed by atoms with Gasteiger partial charge in [0.2, 0.25) is 0 Å². The van der Waals surface area contributed by atoms with Crippen molar-refractivity contribution in [3.05, 3.63) is 45.1 Å². The Kier molecular flexibility index (Phi) is 5.30. The quantitative estimate of drug-likeness (QED) is 0.805. The van der Waals surface area contributed by atoms with Crippen LogP contribution in [0, 0.1) is 0 Å². The normalized spacial score (nSPS) is 17.9. The van der Waals surface area contributed by atoms with Gasteiger partial charge in [0, 0.05) is 11.4 Å². The van der Waals surface area contributed by atoms with Crippen LogP contribution in [0.15, 0.2) is 43.8 Å². The number of dihydropyridines is 1. The van der Waals surface area contributed by atoms with Gasteiger partial charge < -0.3 is 19.2 Å². The lowest BCUT2D eigenvalue weighted by molar-refractivity contribution is -0.139. The molecule has 0 saturated carbocycles. The zero-order valence-electron chi connectivity index (χ0n) is 13.4. The van der Waals surface area contributed by atoms with Gasteiger partial charge in [0.05, 0.1) is 30.8 Å². The molecule has 1 aliphatic heterocycles. The van der Waals surface area contributed by atoms with Crippen LogP contribution >= 0.6 is 15.9 Å². The number of methoxy groups -OCH3 is 1. The molecule has 1 atom stereocenters. The van der Waals surface area contributed by atoms with E-state index < -0.39 is 17.9 Å². The number of hydrogen-bond donors (Lipinski definition) is 1. The minimum absolute atomic E-state index is 0.237. The van der Waals surface area contributed by atoms with Crippen molar-refractivity contribution in [1.29, 1.82) is 0 Å². The van der Waals surface area contributed by atoms with E-state index in [1.54, 1.807) is 32.9 Å². The molecule has 0 spiro atoms. The third-order valence-corrected chi connectivity index (χ3v) is 3.97. The van der Waals surface area contributed by atoms with E-state index in [1.165, 1.54) is 7.11 Å². The minimum atomic E-state index is -0.686. The summed E-state index contributed by atoms with van der Waals surface area (Å²) >= 11 is 3.24. The van der Waals surface area contributed by atoms with Crippen molar-refractivity contribution in [3.63, 3.8) is 0 Å². The smallest absolute Gasteiger partial charge is 0.336 e. The lowest BCUT2D eigenvalue weighted by Gasteiger charge is -2.28. The molecule has 23 heavy (non-hydrogen) atoms. The number of carbonyl (C=O) groups excluding carboxylic acids is 2. The molecule has 0 radical (unpaired) electrons. The highest BCUT2D eigenvalue weighted by molar-refractivity contribution is 9.10. The van der Waals surface area contributed by atoms with Gasteiger partial charge in [-0.2, -0.15) is 0 Å². The number of hydrogen-bond acceptors (Lipinski definition) is 6. The molecule has 7 heteroatoms. The second-order valence-corrected chi connectivity index (χ2v) is 5.77. The van der Waals surface area contributed by atoms with Crippen molar-refractivity contribution >= 4 is 27.9 Å². The second kappa shape index (κ2) is 7.04. The van der Waals surface area contributed by atoms with Crippen LogP contribution < -0.4 is 5.32 Å². The number of allylic oxidation sites excluding steroid dienone is 2. The first-order valence-electron chi connectivity index (χ1n) is 7.09. The van der Waals surface area contributed by atoms with Crippen LogP contribution in [-0.4, -0.2) is 25.7 Å². The summed E-state index contributed by atoms with van der Waals surface area (Å²) in [5, 5.41) is 3.04. The monoisotopic (exact) mass is 383 g/mol. The van der Waals surface area contributed by atoms with Gasteiger partial charge in [0.1, 0.15) is 5.76 Å². The van der Waals surface area contributed by atoms with E-state index in [9.17, 15) is 9.59 Å². The Labute approximate surface area is 142 Å². The maximum Gasteiger partial charge on any atom is 0.336 e. The van der Waals surface area contributed by atoms with E-state index in [0.717, 1.165) is 0 Å². The summed E-state index contributed by atoms with van der Waals surface area (Å²) in [4.78, 5) is 24.7. The van der Waals surface area contributed by atoms with Crippen LogP contribution in [0.1, 0.15) is 32.4 Å². The third-order valence-electron chi connectivity index (χ3n) is 3.54. The highest BCUT2D eigenvalue weighted by atomic mass is 79.9. The fourth-order valence-corrected chi connectivity index (χ4v) is 2.94. The summed E-state index contributed by atoms with van der Waals surface area (Å²) in [6.45, 7) is 5.47. The van der Waals surface area contributed by atoms with Gasteiger partial charge in [-0.05, 0) is 48.8 Å². The van der Waals surface area contributed by atoms with Crippen LogP contribution in [0.4, 0.5) is 0 Å². The van der Waals surface area contributed by atoms with Gasteiger partial charge in [0.15, 0.2) is 4.67 Å². The molecular formula is C16H18BrNO5. The molecule has 1 N–H and O–H groups in total. The molecule has 2 heterocycles. The number of halogens is 1. The maximum absolute atomic E-state index is 12.4. The van der Waals surface area contributed by atoms with Crippen LogP contribution in [0.2, 0.25) is 0 Å². The van der Waals surface area contributed by atoms with Crippen molar-refractivity contribution < 1.29 is 23.5 Å². The average Bonchev–Trinajstić information content (AvgIpc) is 2.92. The van der Waals surface area contributed by atoms with Crippen molar-refractivity contribution in [2.24, 2.45) is 0 Å². The molecule has 1 aromatic rings. The zero-order chi connectivity index (χ0) is 17.1. The Bertz CT molecular complexity index is 701. The summed E-state index contributed by atoms with van der Waals surface area (Å²) in [6.07, 6.45) is 0. The van der Waals surface area contributed by atoms with Crippen LogP contribution in [0.5, 0.6) is 0 Å².